The van der Waals surface area contributed by atoms with Gasteiger partial charge in [-0.2, -0.15) is 0 Å². The van der Waals surface area contributed by atoms with Crippen LogP contribution in [0, 0.1) is 0 Å². The summed E-state index contributed by atoms with van der Waals surface area (Å²) in [5.41, 5.74) is 1.96. The topological polar surface area (TPSA) is 16.1 Å². The predicted molar refractivity (Wildman–Crippen MR) is 74.9 cm³/mol. The highest BCUT2D eigenvalue weighted by molar-refractivity contribution is 7.09. The third kappa shape index (κ3) is 1.75. The Morgan fingerprint density at radius 3 is 2.67 bits per heavy atom. The SMILES string of the molecule is c1sc(C2CCCC2)nc1CN1CCC12CCC2. The van der Waals surface area contributed by atoms with E-state index < -0.39 is 0 Å². The van der Waals surface area contributed by atoms with Gasteiger partial charge in [-0.05, 0) is 38.5 Å². The number of rotatable bonds is 3. The van der Waals surface area contributed by atoms with E-state index in [1.54, 1.807) is 0 Å². The van der Waals surface area contributed by atoms with Gasteiger partial charge in [0.15, 0.2) is 0 Å². The van der Waals surface area contributed by atoms with Crippen molar-refractivity contribution in [2.45, 2.75) is 69.4 Å². The summed E-state index contributed by atoms with van der Waals surface area (Å²) < 4.78 is 0. The number of likely N-dealkylation sites (tertiary alicyclic amines) is 1. The third-order valence-corrected chi connectivity index (χ3v) is 6.48. The molecule has 1 saturated heterocycles. The van der Waals surface area contributed by atoms with Gasteiger partial charge in [-0.1, -0.05) is 12.8 Å². The highest BCUT2D eigenvalue weighted by Crippen LogP contribution is 2.47. The van der Waals surface area contributed by atoms with Crippen molar-refractivity contribution in [3.05, 3.63) is 16.1 Å². The van der Waals surface area contributed by atoms with E-state index in [-0.39, 0.29) is 0 Å². The van der Waals surface area contributed by atoms with Crippen LogP contribution in [-0.4, -0.2) is 22.0 Å². The van der Waals surface area contributed by atoms with Crippen LogP contribution < -0.4 is 0 Å². The Hall–Kier alpha value is -0.410. The lowest BCUT2D eigenvalue weighted by Gasteiger charge is -2.58. The molecule has 0 aromatic carbocycles. The van der Waals surface area contributed by atoms with Crippen LogP contribution >= 0.6 is 11.3 Å². The van der Waals surface area contributed by atoms with E-state index in [0.717, 1.165) is 12.5 Å². The predicted octanol–water partition coefficient (Wildman–Crippen LogP) is 3.93. The Labute approximate surface area is 113 Å². The molecule has 98 valence electrons. The van der Waals surface area contributed by atoms with Crippen molar-refractivity contribution in [3.63, 3.8) is 0 Å². The molecular formula is C15H22N2S. The van der Waals surface area contributed by atoms with Gasteiger partial charge in [0.05, 0.1) is 10.7 Å². The molecule has 3 heteroatoms. The molecule has 0 N–H and O–H groups in total. The Bertz CT molecular complexity index is 424. The molecule has 0 atom stereocenters. The second-order valence-corrected chi connectivity index (χ2v) is 7.30. The summed E-state index contributed by atoms with van der Waals surface area (Å²) in [5.74, 6) is 0.790. The standard InChI is InChI=1S/C15H22N2S/c1-2-5-12(4-1)14-16-13(11-18-14)10-17-9-8-15(17)6-3-7-15/h11-12H,1-10H2. The van der Waals surface area contributed by atoms with Gasteiger partial charge in [-0.15, -0.1) is 11.3 Å². The average molecular weight is 262 g/mol. The molecule has 1 aromatic heterocycles. The number of hydrogen-bond acceptors (Lipinski definition) is 3. The summed E-state index contributed by atoms with van der Waals surface area (Å²) in [5, 5.41) is 3.74. The maximum Gasteiger partial charge on any atom is 0.0959 e. The quantitative estimate of drug-likeness (QED) is 0.820. The van der Waals surface area contributed by atoms with Gasteiger partial charge in [0.1, 0.15) is 0 Å². The third-order valence-electron chi connectivity index (χ3n) is 5.43. The van der Waals surface area contributed by atoms with E-state index in [2.05, 4.69) is 10.3 Å². The smallest absolute Gasteiger partial charge is 0.0959 e. The van der Waals surface area contributed by atoms with Crippen molar-refractivity contribution in [3.8, 4) is 0 Å². The molecule has 0 amide bonds. The molecule has 0 bridgehead atoms. The van der Waals surface area contributed by atoms with E-state index in [4.69, 9.17) is 4.98 Å². The van der Waals surface area contributed by atoms with Crippen LogP contribution in [0.5, 0.6) is 0 Å². The second kappa shape index (κ2) is 4.31. The molecule has 1 aliphatic heterocycles. The monoisotopic (exact) mass is 262 g/mol. The zero-order valence-electron chi connectivity index (χ0n) is 11.0. The van der Waals surface area contributed by atoms with Gasteiger partial charge in [-0.3, -0.25) is 4.90 Å². The molecule has 0 radical (unpaired) electrons. The number of thiazole rings is 1. The number of nitrogens with zero attached hydrogens (tertiary/aromatic N) is 2. The Balaban J connectivity index is 1.42. The second-order valence-electron chi connectivity index (χ2n) is 6.41. The highest BCUT2D eigenvalue weighted by atomic mass is 32.1. The Morgan fingerprint density at radius 2 is 2.06 bits per heavy atom. The van der Waals surface area contributed by atoms with Crippen LogP contribution in [0.15, 0.2) is 5.38 Å². The van der Waals surface area contributed by atoms with Crippen molar-refractivity contribution in [1.29, 1.82) is 0 Å². The molecule has 0 unspecified atom stereocenters. The fraction of sp³-hybridized carbons (Fsp3) is 0.800. The van der Waals surface area contributed by atoms with Gasteiger partial charge in [-0.25, -0.2) is 4.98 Å². The van der Waals surface area contributed by atoms with Crippen LogP contribution in [0.4, 0.5) is 0 Å². The molecule has 2 nitrogen and oxygen atoms in total. The lowest BCUT2D eigenvalue weighted by Crippen LogP contribution is -2.63. The van der Waals surface area contributed by atoms with Gasteiger partial charge in [0.25, 0.3) is 0 Å². The van der Waals surface area contributed by atoms with Crippen LogP contribution in [-0.2, 0) is 6.54 Å². The minimum Gasteiger partial charge on any atom is -0.292 e. The summed E-state index contributed by atoms with van der Waals surface area (Å²) in [6, 6.07) is 0. The minimum absolute atomic E-state index is 0.622. The lowest BCUT2D eigenvalue weighted by atomic mass is 9.68. The van der Waals surface area contributed by atoms with Crippen LogP contribution in [0.1, 0.15) is 68.0 Å². The summed E-state index contributed by atoms with van der Waals surface area (Å²) in [6.45, 7) is 2.42. The normalized spacial score (nSPS) is 27.3. The van der Waals surface area contributed by atoms with Crippen LogP contribution in [0.25, 0.3) is 0 Å². The minimum atomic E-state index is 0.622. The molecule has 4 rings (SSSR count). The maximum atomic E-state index is 4.91. The summed E-state index contributed by atoms with van der Waals surface area (Å²) >= 11 is 1.91. The van der Waals surface area contributed by atoms with E-state index in [1.807, 2.05) is 11.3 Å². The van der Waals surface area contributed by atoms with Gasteiger partial charge >= 0.3 is 0 Å². The maximum absolute atomic E-state index is 4.91. The number of hydrogen-bond donors (Lipinski definition) is 0. The molecule has 2 heterocycles. The first-order chi connectivity index (χ1) is 8.86. The van der Waals surface area contributed by atoms with Crippen molar-refractivity contribution in [1.82, 2.24) is 9.88 Å². The van der Waals surface area contributed by atoms with E-state index >= 15 is 0 Å². The lowest BCUT2D eigenvalue weighted by molar-refractivity contribution is -0.0795. The first-order valence-electron chi connectivity index (χ1n) is 7.55. The van der Waals surface area contributed by atoms with Crippen molar-refractivity contribution >= 4 is 11.3 Å². The first-order valence-corrected chi connectivity index (χ1v) is 8.43. The fourth-order valence-electron chi connectivity index (χ4n) is 3.94. The molecule has 2 aliphatic carbocycles. The van der Waals surface area contributed by atoms with E-state index in [1.165, 1.54) is 68.6 Å². The van der Waals surface area contributed by atoms with Gasteiger partial charge < -0.3 is 0 Å². The molecule has 18 heavy (non-hydrogen) atoms. The van der Waals surface area contributed by atoms with Crippen LogP contribution in [0.2, 0.25) is 0 Å². The zero-order valence-corrected chi connectivity index (χ0v) is 11.8. The van der Waals surface area contributed by atoms with Crippen molar-refractivity contribution in [2.24, 2.45) is 0 Å². The van der Waals surface area contributed by atoms with E-state index in [9.17, 15) is 0 Å². The van der Waals surface area contributed by atoms with Crippen molar-refractivity contribution in [2.75, 3.05) is 6.54 Å². The summed E-state index contributed by atoms with van der Waals surface area (Å²) in [6.07, 6.45) is 11.3. The zero-order chi connectivity index (χ0) is 12.0. The molecule has 2 saturated carbocycles. The fourth-order valence-corrected chi connectivity index (χ4v) is 4.92. The summed E-state index contributed by atoms with van der Waals surface area (Å²) in [7, 11) is 0. The largest absolute Gasteiger partial charge is 0.292 e. The Kier molecular flexibility index (Phi) is 2.73. The Morgan fingerprint density at radius 1 is 1.22 bits per heavy atom. The average Bonchev–Trinajstić information content (AvgIpc) is 2.93. The molecule has 3 fully saturated rings. The van der Waals surface area contributed by atoms with Crippen molar-refractivity contribution < 1.29 is 0 Å². The summed E-state index contributed by atoms with van der Waals surface area (Å²) in [4.78, 5) is 7.60. The highest BCUT2D eigenvalue weighted by Gasteiger charge is 2.48. The number of aromatic nitrogens is 1. The van der Waals surface area contributed by atoms with E-state index in [0.29, 0.717) is 5.54 Å². The first kappa shape index (κ1) is 11.4. The molecular weight excluding hydrogens is 240 g/mol. The molecule has 3 aliphatic rings. The molecule has 1 aromatic rings. The van der Waals surface area contributed by atoms with Crippen LogP contribution in [0.3, 0.4) is 0 Å². The molecule has 1 spiro atoms. The van der Waals surface area contributed by atoms with Gasteiger partial charge in [0.2, 0.25) is 0 Å². The van der Waals surface area contributed by atoms with Gasteiger partial charge in [0, 0.05) is 29.9 Å².